The molecule has 240 valence electrons. The van der Waals surface area contributed by atoms with Crippen molar-refractivity contribution in [2.75, 3.05) is 0 Å². The Kier molecular flexibility index (Phi) is 5.47. The van der Waals surface area contributed by atoms with Gasteiger partial charge in [0.15, 0.2) is 5.82 Å². The number of nitrogens with zero attached hydrogens (tertiary/aromatic N) is 4. The molecule has 8 aromatic carbocycles. The first-order chi connectivity index (χ1) is 25.8. The Morgan fingerprint density at radius 1 is 0.365 bits per heavy atom. The van der Waals surface area contributed by atoms with Gasteiger partial charge < -0.3 is 4.40 Å². The predicted molar refractivity (Wildman–Crippen MR) is 217 cm³/mol. The highest BCUT2D eigenvalue weighted by molar-refractivity contribution is 6.36. The third-order valence-electron chi connectivity index (χ3n) is 11.0. The van der Waals surface area contributed by atoms with Crippen LogP contribution in [0.2, 0.25) is 0 Å². The van der Waals surface area contributed by atoms with Crippen molar-refractivity contribution in [3.8, 4) is 28.3 Å². The number of fused-ring (bicyclic) bond motifs is 13. The molecule has 0 amide bonds. The van der Waals surface area contributed by atoms with Crippen molar-refractivity contribution in [3.05, 3.63) is 170 Å². The lowest BCUT2D eigenvalue weighted by Crippen LogP contribution is -2.03. The first-order valence-corrected chi connectivity index (χ1v) is 17.8. The number of para-hydroxylation sites is 3. The molecule has 4 aromatic heterocycles. The van der Waals surface area contributed by atoms with Crippen LogP contribution in [0.25, 0.3) is 110 Å². The lowest BCUT2D eigenvalue weighted by Gasteiger charge is -2.14. The zero-order valence-corrected chi connectivity index (χ0v) is 28.0. The zero-order valence-electron chi connectivity index (χ0n) is 28.0. The van der Waals surface area contributed by atoms with Crippen molar-refractivity contribution >= 4 is 81.6 Å². The molecule has 0 aliphatic heterocycles. The minimum atomic E-state index is 0.705. The predicted octanol–water partition coefficient (Wildman–Crippen LogP) is 12.4. The lowest BCUT2D eigenvalue weighted by atomic mass is 10.00. The van der Waals surface area contributed by atoms with Gasteiger partial charge in [0, 0.05) is 43.3 Å². The average Bonchev–Trinajstić information content (AvgIpc) is 3.85. The van der Waals surface area contributed by atoms with Crippen LogP contribution < -0.4 is 0 Å². The van der Waals surface area contributed by atoms with Crippen LogP contribution in [0, 0.1) is 0 Å². The van der Waals surface area contributed by atoms with E-state index in [0.717, 1.165) is 33.4 Å². The topological polar surface area (TPSA) is 35.1 Å². The Morgan fingerprint density at radius 2 is 1.06 bits per heavy atom. The van der Waals surface area contributed by atoms with Gasteiger partial charge in [-0.2, -0.15) is 0 Å². The first-order valence-electron chi connectivity index (χ1n) is 17.8. The van der Waals surface area contributed by atoms with Crippen molar-refractivity contribution in [2.45, 2.75) is 0 Å². The van der Waals surface area contributed by atoms with Gasteiger partial charge in [0.25, 0.3) is 0 Å². The van der Waals surface area contributed by atoms with Gasteiger partial charge in [-0.05, 0) is 64.4 Å². The molecule has 12 rings (SSSR count). The molecular weight excluding hydrogens is 633 g/mol. The molecule has 0 aliphatic carbocycles. The molecule has 0 atom stereocenters. The van der Waals surface area contributed by atoms with Crippen molar-refractivity contribution < 1.29 is 0 Å². The minimum absolute atomic E-state index is 0.705. The fraction of sp³-hybridized carbons (Fsp3) is 0. The summed E-state index contributed by atoms with van der Waals surface area (Å²) in [6.07, 6.45) is 0. The highest BCUT2D eigenvalue weighted by atomic mass is 15.1. The van der Waals surface area contributed by atoms with Crippen LogP contribution in [0.5, 0.6) is 0 Å². The van der Waals surface area contributed by atoms with Crippen molar-refractivity contribution in [3.63, 3.8) is 0 Å². The van der Waals surface area contributed by atoms with E-state index in [0.29, 0.717) is 5.82 Å². The monoisotopic (exact) mass is 660 g/mol. The molecule has 0 N–H and O–H groups in total. The third kappa shape index (κ3) is 3.65. The number of rotatable bonds is 3. The van der Waals surface area contributed by atoms with Crippen LogP contribution in [0.1, 0.15) is 0 Å². The number of hydrogen-bond donors (Lipinski definition) is 0. The second kappa shape index (κ2) is 10.3. The second-order valence-corrected chi connectivity index (χ2v) is 13.8. The SMILES string of the molecule is c1ccc(-c2cccc(-c3nc(-n4c5ccccc5c5cc6c7c8ccccc8ccc7n7c8ccccc8c(c54)c67)c4ccccc4n3)c2)cc1. The summed E-state index contributed by atoms with van der Waals surface area (Å²) >= 11 is 0. The fourth-order valence-electron chi connectivity index (χ4n) is 8.82. The average molecular weight is 661 g/mol. The summed E-state index contributed by atoms with van der Waals surface area (Å²) in [6, 6.07) is 60.9. The van der Waals surface area contributed by atoms with Crippen LogP contribution in [0.4, 0.5) is 0 Å². The Hall–Kier alpha value is -7.04. The van der Waals surface area contributed by atoms with E-state index < -0.39 is 0 Å². The zero-order chi connectivity index (χ0) is 33.9. The molecule has 4 heteroatoms. The summed E-state index contributed by atoms with van der Waals surface area (Å²) in [7, 11) is 0. The summed E-state index contributed by atoms with van der Waals surface area (Å²) < 4.78 is 4.90. The van der Waals surface area contributed by atoms with Gasteiger partial charge in [-0.1, -0.05) is 127 Å². The van der Waals surface area contributed by atoms with Crippen LogP contribution in [0.3, 0.4) is 0 Å². The molecule has 0 radical (unpaired) electrons. The van der Waals surface area contributed by atoms with E-state index in [4.69, 9.17) is 9.97 Å². The smallest absolute Gasteiger partial charge is 0.162 e. The summed E-state index contributed by atoms with van der Waals surface area (Å²) in [5.41, 5.74) is 10.2. The number of aromatic nitrogens is 4. The van der Waals surface area contributed by atoms with Gasteiger partial charge in [-0.3, -0.25) is 4.57 Å². The highest BCUT2D eigenvalue weighted by Crippen LogP contribution is 2.48. The number of hydrogen-bond acceptors (Lipinski definition) is 2. The quantitative estimate of drug-likeness (QED) is 0.189. The van der Waals surface area contributed by atoms with E-state index >= 15 is 0 Å². The van der Waals surface area contributed by atoms with Gasteiger partial charge >= 0.3 is 0 Å². The second-order valence-electron chi connectivity index (χ2n) is 13.8. The molecule has 0 saturated carbocycles. The van der Waals surface area contributed by atoms with E-state index in [1.54, 1.807) is 0 Å². The molecular formula is C48H28N4. The van der Waals surface area contributed by atoms with Crippen molar-refractivity contribution in [1.29, 1.82) is 0 Å². The third-order valence-corrected chi connectivity index (χ3v) is 11.0. The van der Waals surface area contributed by atoms with Crippen LogP contribution in [0.15, 0.2) is 170 Å². The summed E-state index contributed by atoms with van der Waals surface area (Å²) in [5, 5.41) is 11.0. The fourth-order valence-corrected chi connectivity index (χ4v) is 8.82. The maximum atomic E-state index is 5.51. The van der Waals surface area contributed by atoms with Crippen molar-refractivity contribution in [1.82, 2.24) is 18.9 Å². The molecule has 0 bridgehead atoms. The minimum Gasteiger partial charge on any atom is -0.308 e. The molecule has 0 saturated heterocycles. The Labute approximate surface area is 297 Å². The van der Waals surface area contributed by atoms with Crippen molar-refractivity contribution in [2.24, 2.45) is 0 Å². The number of benzene rings is 8. The van der Waals surface area contributed by atoms with E-state index in [1.165, 1.54) is 70.7 Å². The summed E-state index contributed by atoms with van der Waals surface area (Å²) in [4.78, 5) is 10.7. The van der Waals surface area contributed by atoms with Gasteiger partial charge in [-0.15, -0.1) is 0 Å². The van der Waals surface area contributed by atoms with E-state index in [2.05, 4.69) is 179 Å². The molecule has 4 heterocycles. The molecule has 0 unspecified atom stereocenters. The van der Waals surface area contributed by atoms with Crippen LogP contribution >= 0.6 is 0 Å². The Morgan fingerprint density at radius 3 is 1.94 bits per heavy atom. The largest absolute Gasteiger partial charge is 0.308 e. The summed E-state index contributed by atoms with van der Waals surface area (Å²) in [6.45, 7) is 0. The summed E-state index contributed by atoms with van der Waals surface area (Å²) in [5.74, 6) is 1.58. The Bertz CT molecular complexity index is 3410. The Balaban J connectivity index is 1.26. The van der Waals surface area contributed by atoms with E-state index in [1.807, 2.05) is 0 Å². The molecule has 52 heavy (non-hydrogen) atoms. The lowest BCUT2D eigenvalue weighted by molar-refractivity contribution is 1.08. The molecule has 12 aromatic rings. The highest BCUT2D eigenvalue weighted by Gasteiger charge is 2.26. The first kappa shape index (κ1) is 27.7. The van der Waals surface area contributed by atoms with Crippen LogP contribution in [-0.2, 0) is 0 Å². The van der Waals surface area contributed by atoms with E-state index in [9.17, 15) is 0 Å². The molecule has 0 spiro atoms. The maximum Gasteiger partial charge on any atom is 0.162 e. The van der Waals surface area contributed by atoms with Gasteiger partial charge in [0.1, 0.15) is 5.82 Å². The molecule has 0 fully saturated rings. The maximum absolute atomic E-state index is 5.51. The standard InChI is InChI=1S/C48H28N4/c1-2-13-29(14-3-1)31-16-12-17-32(27-31)47-49-39-22-9-6-20-35(39)48(50-47)52-40-23-10-7-19-34(40)37-28-38-43-33-18-5-4-15-30(33)25-26-42(43)51-41-24-11-8-21-36(41)44(45(37)52)46(38)51/h1-28H. The van der Waals surface area contributed by atoms with Gasteiger partial charge in [-0.25, -0.2) is 9.97 Å². The normalized spacial score (nSPS) is 12.2. The van der Waals surface area contributed by atoms with Crippen LogP contribution in [-0.4, -0.2) is 18.9 Å². The van der Waals surface area contributed by atoms with Gasteiger partial charge in [0.05, 0.1) is 33.1 Å². The molecule has 0 aliphatic rings. The van der Waals surface area contributed by atoms with Gasteiger partial charge in [0.2, 0.25) is 0 Å². The van der Waals surface area contributed by atoms with E-state index in [-0.39, 0.29) is 0 Å². The molecule has 4 nitrogen and oxygen atoms in total.